The van der Waals surface area contributed by atoms with Gasteiger partial charge < -0.3 is 19.1 Å². The molecule has 1 amide bonds. The molecule has 0 aliphatic rings. The molecule has 0 aliphatic heterocycles. The average Bonchev–Trinajstić information content (AvgIpc) is 2.54. The van der Waals surface area contributed by atoms with E-state index in [4.69, 9.17) is 0 Å². The quantitative estimate of drug-likeness (QED) is 0.353. The Morgan fingerprint density at radius 1 is 0.864 bits per heavy atom. The summed E-state index contributed by atoms with van der Waals surface area (Å²) in [7, 11) is 3.34. The second-order valence-corrected chi connectivity index (χ2v) is 4.42. The molecule has 0 saturated heterocycles. The molecule has 0 heterocycles. The van der Waals surface area contributed by atoms with E-state index in [0.29, 0.717) is 13.1 Å². The number of amides is 1. The molecule has 126 valence electrons. The van der Waals surface area contributed by atoms with Gasteiger partial charge in [-0.15, -0.1) is 0 Å². The number of esters is 3. The molecule has 0 radical (unpaired) electrons. The second kappa shape index (κ2) is 9.75. The van der Waals surface area contributed by atoms with Gasteiger partial charge >= 0.3 is 17.9 Å². The van der Waals surface area contributed by atoms with Crippen molar-refractivity contribution in [1.29, 1.82) is 0 Å². The Bertz CT molecular complexity index is 401. The molecule has 22 heavy (non-hydrogen) atoms. The Labute approximate surface area is 129 Å². The molecule has 0 aromatic heterocycles. The lowest BCUT2D eigenvalue weighted by Crippen LogP contribution is -2.45. The Balaban J connectivity index is 5.67. The minimum Gasteiger partial charge on any atom is -0.469 e. The smallest absolute Gasteiger partial charge is 0.320 e. The molecule has 1 unspecified atom stereocenters. The number of nitrogens with zero attached hydrogens (tertiary/aromatic N) is 1. The highest BCUT2D eigenvalue weighted by molar-refractivity contribution is 6.01. The third kappa shape index (κ3) is 5.01. The second-order valence-electron chi connectivity index (χ2n) is 4.42. The maximum absolute atomic E-state index is 12.5. The van der Waals surface area contributed by atoms with E-state index in [9.17, 15) is 19.2 Å². The Morgan fingerprint density at radius 2 is 1.32 bits per heavy atom. The first kappa shape index (κ1) is 19.9. The van der Waals surface area contributed by atoms with Crippen molar-refractivity contribution in [2.75, 3.05) is 34.4 Å². The van der Waals surface area contributed by atoms with Crippen LogP contribution < -0.4 is 0 Å². The number of rotatable bonds is 8. The van der Waals surface area contributed by atoms with Crippen molar-refractivity contribution < 1.29 is 33.4 Å². The Hall–Kier alpha value is -2.12. The predicted molar refractivity (Wildman–Crippen MR) is 75.6 cm³/mol. The van der Waals surface area contributed by atoms with Crippen LogP contribution in [0.4, 0.5) is 0 Å². The van der Waals surface area contributed by atoms with Gasteiger partial charge in [0.2, 0.25) is 5.91 Å². The standard InChI is InChI=1S/C14H23NO7/c1-6-15(7-2)12(17)9(8-10(16)20-3)11(13(18)21-4)14(19)22-5/h9,11H,6-8H2,1-5H3. The summed E-state index contributed by atoms with van der Waals surface area (Å²) in [6.45, 7) is 4.26. The van der Waals surface area contributed by atoms with Crippen LogP contribution in [-0.4, -0.2) is 63.1 Å². The predicted octanol–water partition coefficient (Wildman–Crippen LogP) is -0.00370. The van der Waals surface area contributed by atoms with Gasteiger partial charge in [0.05, 0.1) is 33.7 Å². The van der Waals surface area contributed by atoms with Gasteiger partial charge in [-0.1, -0.05) is 0 Å². The summed E-state index contributed by atoms with van der Waals surface area (Å²) < 4.78 is 13.7. The van der Waals surface area contributed by atoms with E-state index in [1.54, 1.807) is 13.8 Å². The highest BCUT2D eigenvalue weighted by atomic mass is 16.5. The molecule has 0 rings (SSSR count). The highest BCUT2D eigenvalue weighted by Crippen LogP contribution is 2.23. The monoisotopic (exact) mass is 317 g/mol. The average molecular weight is 317 g/mol. The molecule has 0 fully saturated rings. The van der Waals surface area contributed by atoms with E-state index in [0.717, 1.165) is 21.3 Å². The van der Waals surface area contributed by atoms with E-state index in [2.05, 4.69) is 14.2 Å². The van der Waals surface area contributed by atoms with E-state index >= 15 is 0 Å². The van der Waals surface area contributed by atoms with Crippen LogP contribution in [0.1, 0.15) is 20.3 Å². The van der Waals surface area contributed by atoms with Crippen molar-refractivity contribution >= 4 is 23.8 Å². The summed E-state index contributed by atoms with van der Waals surface area (Å²) >= 11 is 0. The molecule has 1 atom stereocenters. The molecular weight excluding hydrogens is 294 g/mol. The maximum atomic E-state index is 12.5. The van der Waals surface area contributed by atoms with E-state index in [1.807, 2.05) is 0 Å². The van der Waals surface area contributed by atoms with Gasteiger partial charge in [-0.25, -0.2) is 0 Å². The molecule has 0 aromatic carbocycles. The fourth-order valence-corrected chi connectivity index (χ4v) is 2.06. The first-order valence-electron chi connectivity index (χ1n) is 6.89. The van der Waals surface area contributed by atoms with Crippen LogP contribution in [0.5, 0.6) is 0 Å². The van der Waals surface area contributed by atoms with Crippen LogP contribution in [0, 0.1) is 11.8 Å². The SMILES string of the molecule is CCN(CC)C(=O)C(CC(=O)OC)C(C(=O)OC)C(=O)OC. The van der Waals surface area contributed by atoms with Gasteiger partial charge in [0.1, 0.15) is 0 Å². The minimum absolute atomic E-state index is 0.377. The van der Waals surface area contributed by atoms with E-state index in [1.165, 1.54) is 4.90 Å². The zero-order chi connectivity index (χ0) is 17.3. The first-order chi connectivity index (χ1) is 10.4. The van der Waals surface area contributed by atoms with Gasteiger partial charge in [0, 0.05) is 13.1 Å². The van der Waals surface area contributed by atoms with E-state index < -0.39 is 42.1 Å². The lowest BCUT2D eigenvalue weighted by molar-refractivity contribution is -0.167. The number of methoxy groups -OCH3 is 3. The van der Waals surface area contributed by atoms with Gasteiger partial charge in [0.25, 0.3) is 0 Å². The molecule has 0 N–H and O–H groups in total. The molecule has 0 bridgehead atoms. The zero-order valence-electron chi connectivity index (χ0n) is 13.6. The van der Waals surface area contributed by atoms with Gasteiger partial charge in [0.15, 0.2) is 5.92 Å². The van der Waals surface area contributed by atoms with Crippen LogP contribution in [-0.2, 0) is 33.4 Å². The lowest BCUT2D eigenvalue weighted by Gasteiger charge is -2.27. The Kier molecular flexibility index (Phi) is 8.81. The van der Waals surface area contributed by atoms with E-state index in [-0.39, 0.29) is 0 Å². The van der Waals surface area contributed by atoms with Gasteiger partial charge in [-0.2, -0.15) is 0 Å². The summed E-state index contributed by atoms with van der Waals surface area (Å²) in [6, 6.07) is 0. The van der Waals surface area contributed by atoms with Crippen LogP contribution >= 0.6 is 0 Å². The number of hydrogen-bond donors (Lipinski definition) is 0. The van der Waals surface area contributed by atoms with Crippen LogP contribution in [0.3, 0.4) is 0 Å². The number of carbonyl (C=O) groups is 4. The minimum atomic E-state index is -1.51. The summed E-state index contributed by atoms with van der Waals surface area (Å²) in [5, 5.41) is 0. The summed E-state index contributed by atoms with van der Waals surface area (Å²) in [4.78, 5) is 49.3. The van der Waals surface area contributed by atoms with Crippen molar-refractivity contribution in [2.24, 2.45) is 11.8 Å². The molecule has 0 spiro atoms. The van der Waals surface area contributed by atoms with Crippen molar-refractivity contribution in [3.8, 4) is 0 Å². The van der Waals surface area contributed by atoms with Crippen molar-refractivity contribution in [2.45, 2.75) is 20.3 Å². The lowest BCUT2D eigenvalue weighted by atomic mass is 9.87. The summed E-state index contributed by atoms with van der Waals surface area (Å²) in [6.07, 6.45) is -0.416. The summed E-state index contributed by atoms with van der Waals surface area (Å²) in [5.41, 5.74) is 0. The van der Waals surface area contributed by atoms with Crippen molar-refractivity contribution in [3.63, 3.8) is 0 Å². The first-order valence-corrected chi connectivity index (χ1v) is 6.89. The van der Waals surface area contributed by atoms with Crippen LogP contribution in [0.15, 0.2) is 0 Å². The molecular formula is C14H23NO7. The third-order valence-electron chi connectivity index (χ3n) is 3.32. The third-order valence-corrected chi connectivity index (χ3v) is 3.32. The molecule has 0 aliphatic carbocycles. The van der Waals surface area contributed by atoms with Crippen molar-refractivity contribution in [3.05, 3.63) is 0 Å². The largest absolute Gasteiger partial charge is 0.469 e. The maximum Gasteiger partial charge on any atom is 0.320 e. The highest BCUT2D eigenvalue weighted by Gasteiger charge is 2.43. The molecule has 0 aromatic rings. The van der Waals surface area contributed by atoms with Crippen LogP contribution in [0.25, 0.3) is 0 Å². The molecule has 8 heteroatoms. The number of hydrogen-bond acceptors (Lipinski definition) is 7. The normalized spacial score (nSPS) is 11.5. The molecule has 0 saturated carbocycles. The van der Waals surface area contributed by atoms with Gasteiger partial charge in [-0.05, 0) is 13.8 Å². The number of carbonyl (C=O) groups excluding carboxylic acids is 4. The van der Waals surface area contributed by atoms with Crippen LogP contribution in [0.2, 0.25) is 0 Å². The van der Waals surface area contributed by atoms with Gasteiger partial charge in [-0.3, -0.25) is 19.2 Å². The summed E-state index contributed by atoms with van der Waals surface area (Å²) in [5.74, 6) is -5.81. The fourth-order valence-electron chi connectivity index (χ4n) is 2.06. The molecule has 8 nitrogen and oxygen atoms in total. The Morgan fingerprint density at radius 3 is 1.64 bits per heavy atom. The topological polar surface area (TPSA) is 99.2 Å². The zero-order valence-corrected chi connectivity index (χ0v) is 13.6. The fraction of sp³-hybridized carbons (Fsp3) is 0.714. The van der Waals surface area contributed by atoms with Crippen molar-refractivity contribution in [1.82, 2.24) is 4.90 Å². The number of ether oxygens (including phenoxy) is 3.